The Morgan fingerprint density at radius 3 is 1.80 bits per heavy atom. The molecule has 3 saturated heterocycles. The van der Waals surface area contributed by atoms with Crippen LogP contribution < -0.4 is 44.7 Å². The van der Waals surface area contributed by atoms with E-state index in [1.807, 2.05) is 0 Å². The van der Waals surface area contributed by atoms with E-state index in [1.165, 1.54) is 14.7 Å². The number of likely N-dealkylation sites (tertiary alicyclic amines) is 3. The van der Waals surface area contributed by atoms with Crippen LogP contribution in [0.1, 0.15) is 81.8 Å². The van der Waals surface area contributed by atoms with Crippen molar-refractivity contribution >= 4 is 65.0 Å². The minimum Gasteiger partial charge on any atom is -0.481 e. The van der Waals surface area contributed by atoms with Gasteiger partial charge in [0.1, 0.15) is 24.2 Å². The molecule has 2 aromatic rings. The van der Waals surface area contributed by atoms with E-state index in [-0.39, 0.29) is 76.7 Å². The summed E-state index contributed by atoms with van der Waals surface area (Å²) in [6, 6.07) is 11.5. The highest BCUT2D eigenvalue weighted by atomic mass is 16.4. The standard InChI is InChI=1S/C51H74N14O11/c52-49(53)57-20-7-16-34(48(74)75)29-42(68)37(27-33-14-5-2-6-15-33)60-45(71)40-18-9-22-62(40)46(72)38(31-66)61-43(69)35(26-32-12-3-1-4-13-32)28-36(67)30-59-44(70)39-17-8-23-63(39)47(73)41-19-10-24-64(41)51(76)65(56)25-11-21-58-50(54)55/h1-6,12-15,34-35,37-41,66H,7-11,16-31,56H2,(H,59,70)(H,60,71)(H,61,69)(H,74,75)(H4,52,53,57)(H4,54,55,58)/t34-,35-,37+,38+,39+,40+,41+/m1/s1. The fourth-order valence-electron chi connectivity index (χ4n) is 9.85. The number of aliphatic hydroxyl groups excluding tert-OH is 1. The summed E-state index contributed by atoms with van der Waals surface area (Å²) in [4.78, 5) is 135. The van der Waals surface area contributed by atoms with Gasteiger partial charge in [-0.05, 0) is 81.8 Å². The molecule has 2 aromatic carbocycles. The maximum absolute atomic E-state index is 14.2. The van der Waals surface area contributed by atoms with Crippen LogP contribution in [0.3, 0.4) is 0 Å². The van der Waals surface area contributed by atoms with E-state index in [0.29, 0.717) is 62.6 Å². The Kier molecular flexibility index (Phi) is 22.9. The van der Waals surface area contributed by atoms with Crippen molar-refractivity contribution in [2.45, 2.75) is 114 Å². The minimum absolute atomic E-state index is 0.0362. The van der Waals surface area contributed by atoms with E-state index in [1.54, 1.807) is 60.7 Å². The summed E-state index contributed by atoms with van der Waals surface area (Å²) < 4.78 is 0. The molecular formula is C51H74N14O11. The number of hydrogen-bond acceptors (Lipinski definition) is 13. The fourth-order valence-corrected chi connectivity index (χ4v) is 9.85. The van der Waals surface area contributed by atoms with Gasteiger partial charge in [-0.15, -0.1) is 0 Å². The Bertz CT molecular complexity index is 2400. The summed E-state index contributed by atoms with van der Waals surface area (Å²) in [5.41, 5.74) is 22.9. The van der Waals surface area contributed by atoms with Gasteiger partial charge in [-0.25, -0.2) is 10.6 Å². The predicted molar refractivity (Wildman–Crippen MR) is 279 cm³/mol. The molecule has 414 valence electrons. The topological polar surface area (TPSA) is 398 Å². The van der Waals surface area contributed by atoms with Crippen LogP contribution in [0.15, 0.2) is 70.6 Å². The van der Waals surface area contributed by atoms with Gasteiger partial charge >= 0.3 is 12.0 Å². The number of carbonyl (C=O) groups is 9. The number of nitrogens with one attached hydrogen (secondary N) is 3. The number of carboxylic acids is 1. The monoisotopic (exact) mass is 1060 g/mol. The number of carboxylic acid groups (broad SMARTS) is 1. The van der Waals surface area contributed by atoms with Crippen molar-refractivity contribution in [3.05, 3.63) is 71.8 Å². The van der Waals surface area contributed by atoms with E-state index < -0.39 is 115 Å². The summed E-state index contributed by atoms with van der Waals surface area (Å²) >= 11 is 0. The van der Waals surface area contributed by atoms with Gasteiger partial charge in [0, 0.05) is 58.0 Å². The fraction of sp³-hybridized carbons (Fsp3) is 0.549. The lowest BCUT2D eigenvalue weighted by atomic mass is 9.91. The van der Waals surface area contributed by atoms with Crippen molar-refractivity contribution in [2.75, 3.05) is 52.4 Å². The van der Waals surface area contributed by atoms with Crippen molar-refractivity contribution in [1.82, 2.24) is 35.7 Å². The first-order valence-corrected chi connectivity index (χ1v) is 25.8. The molecule has 5 rings (SSSR count). The second-order valence-electron chi connectivity index (χ2n) is 19.4. The number of carbonyl (C=O) groups excluding carboxylic acids is 8. The van der Waals surface area contributed by atoms with Crippen LogP contribution in [0.4, 0.5) is 4.79 Å². The molecule has 0 saturated carbocycles. The second-order valence-corrected chi connectivity index (χ2v) is 19.4. The Morgan fingerprint density at radius 1 is 0.658 bits per heavy atom. The van der Waals surface area contributed by atoms with Gasteiger partial charge < -0.3 is 63.8 Å². The van der Waals surface area contributed by atoms with Crippen LogP contribution in [-0.2, 0) is 51.2 Å². The maximum Gasteiger partial charge on any atom is 0.334 e. The summed E-state index contributed by atoms with van der Waals surface area (Å²) in [5.74, 6) is -1.81. The first-order chi connectivity index (χ1) is 36.4. The summed E-state index contributed by atoms with van der Waals surface area (Å²) in [6.07, 6.45) is 2.39. The van der Waals surface area contributed by atoms with Crippen molar-refractivity contribution in [1.29, 1.82) is 0 Å². The molecule has 0 aliphatic carbocycles. The predicted octanol–water partition coefficient (Wildman–Crippen LogP) is -1.76. The SMILES string of the molecule is NC(N)=NCCC[C@H](CC(=O)[C@H](Cc1ccccc1)NC(=O)[C@@H]1CCCN1C(=O)[C@H](CO)NC(=O)[C@@H](CC(=O)CNC(=O)[C@@H]1CCCN1C(=O)[C@@H]1CCCN1C(=O)N(N)CCCN=C(N)N)Cc1ccccc1)C(=O)O. The molecule has 0 unspecified atom stereocenters. The molecule has 7 amide bonds. The number of hydrazine groups is 1. The van der Waals surface area contributed by atoms with Gasteiger partial charge in [0.25, 0.3) is 0 Å². The highest BCUT2D eigenvalue weighted by Crippen LogP contribution is 2.27. The van der Waals surface area contributed by atoms with Gasteiger partial charge in [-0.1, -0.05) is 60.7 Å². The number of aliphatic hydroxyl groups is 1. The molecule has 3 aliphatic heterocycles. The molecule has 25 nitrogen and oxygen atoms in total. The van der Waals surface area contributed by atoms with Gasteiger partial charge in [0.2, 0.25) is 29.5 Å². The van der Waals surface area contributed by atoms with E-state index in [9.17, 15) is 53.4 Å². The number of nitrogens with two attached hydrogens (primary N) is 5. The average molecular weight is 1060 g/mol. The highest BCUT2D eigenvalue weighted by molar-refractivity contribution is 5.98. The molecule has 0 radical (unpaired) electrons. The molecule has 0 spiro atoms. The van der Waals surface area contributed by atoms with Crippen LogP contribution in [0.5, 0.6) is 0 Å². The molecule has 76 heavy (non-hydrogen) atoms. The molecule has 25 heteroatoms. The number of rotatable bonds is 28. The van der Waals surface area contributed by atoms with Crippen molar-refractivity contribution in [3.63, 3.8) is 0 Å². The van der Waals surface area contributed by atoms with E-state index in [0.717, 1.165) is 5.01 Å². The number of hydrogen-bond donors (Lipinski definition) is 10. The van der Waals surface area contributed by atoms with E-state index >= 15 is 0 Å². The van der Waals surface area contributed by atoms with Crippen molar-refractivity contribution < 1.29 is 53.4 Å². The zero-order chi connectivity index (χ0) is 55.3. The number of urea groups is 1. The third-order valence-electron chi connectivity index (χ3n) is 13.8. The van der Waals surface area contributed by atoms with Crippen LogP contribution in [0.25, 0.3) is 0 Å². The zero-order valence-electron chi connectivity index (χ0n) is 42.8. The quantitative estimate of drug-likeness (QED) is 0.0113. The van der Waals surface area contributed by atoms with Crippen molar-refractivity contribution in [2.24, 2.45) is 50.6 Å². The Labute approximate surface area is 441 Å². The van der Waals surface area contributed by atoms with Gasteiger partial charge in [-0.3, -0.25) is 53.4 Å². The molecule has 3 fully saturated rings. The second kappa shape index (κ2) is 29.4. The molecule has 15 N–H and O–H groups in total. The molecular weight excluding hydrogens is 985 g/mol. The molecule has 0 bridgehead atoms. The molecule has 3 aliphatic rings. The van der Waals surface area contributed by atoms with E-state index in [4.69, 9.17) is 28.8 Å². The van der Waals surface area contributed by atoms with Crippen molar-refractivity contribution in [3.8, 4) is 0 Å². The maximum atomic E-state index is 14.2. The first-order valence-electron chi connectivity index (χ1n) is 25.8. The number of amides is 7. The van der Waals surface area contributed by atoms with Crippen LogP contribution in [0.2, 0.25) is 0 Å². The summed E-state index contributed by atoms with van der Waals surface area (Å²) in [5, 5.41) is 29.5. The number of benzene rings is 2. The molecule has 0 aromatic heterocycles. The Hall–Kier alpha value is -7.67. The summed E-state index contributed by atoms with van der Waals surface area (Å²) in [7, 11) is 0. The lowest BCUT2D eigenvalue weighted by molar-refractivity contribution is -0.145. The Morgan fingerprint density at radius 2 is 1.21 bits per heavy atom. The first kappa shape index (κ1) is 59.2. The summed E-state index contributed by atoms with van der Waals surface area (Å²) in [6.45, 7) is -0.151. The number of aliphatic carboxylic acids is 1. The third-order valence-corrected chi connectivity index (χ3v) is 13.8. The third kappa shape index (κ3) is 17.5. The lowest BCUT2D eigenvalue weighted by Gasteiger charge is -2.32. The lowest BCUT2D eigenvalue weighted by Crippen LogP contribution is -2.57. The van der Waals surface area contributed by atoms with Gasteiger partial charge in [0.05, 0.1) is 25.1 Å². The normalized spacial score (nSPS) is 18.6. The molecule has 3 heterocycles. The van der Waals surface area contributed by atoms with Crippen LogP contribution >= 0.6 is 0 Å². The van der Waals surface area contributed by atoms with Crippen LogP contribution in [0, 0.1) is 11.8 Å². The van der Waals surface area contributed by atoms with E-state index in [2.05, 4.69) is 25.9 Å². The highest BCUT2D eigenvalue weighted by Gasteiger charge is 2.44. The smallest absolute Gasteiger partial charge is 0.334 e. The number of aliphatic imine (C=N–C) groups is 2. The van der Waals surface area contributed by atoms with Gasteiger partial charge in [0.15, 0.2) is 23.5 Å². The molecule has 7 atom stereocenters. The number of Topliss-reactive ketones (excluding diaryl/α,β-unsaturated/α-hetero) is 2. The van der Waals surface area contributed by atoms with Gasteiger partial charge in [-0.2, -0.15) is 0 Å². The zero-order valence-corrected chi connectivity index (χ0v) is 42.8. The number of nitrogens with zero attached hydrogens (tertiary/aromatic N) is 6. The van der Waals surface area contributed by atoms with Crippen LogP contribution in [-0.4, -0.2) is 178 Å². The largest absolute Gasteiger partial charge is 0.481 e. The number of ketones is 2. The number of guanidine groups is 2. The average Bonchev–Trinajstić information content (AvgIpc) is 4.22. The minimum atomic E-state index is -1.54. The Balaban J connectivity index is 1.21.